The van der Waals surface area contributed by atoms with E-state index < -0.39 is 0 Å². The minimum atomic E-state index is 0.695. The Morgan fingerprint density at radius 3 is 3.11 bits per heavy atom. The SMILES string of the molecule is NCC1CCc2c(c3cccc4c3n2CCC4)C1. The molecule has 0 saturated carbocycles. The van der Waals surface area contributed by atoms with Gasteiger partial charge in [-0.1, -0.05) is 18.2 Å². The molecule has 2 heteroatoms. The monoisotopic (exact) mass is 240 g/mol. The lowest BCUT2D eigenvalue weighted by Gasteiger charge is -2.23. The van der Waals surface area contributed by atoms with Crippen LogP contribution in [-0.2, 0) is 25.8 Å². The third-order valence-electron chi connectivity index (χ3n) is 4.83. The molecule has 0 saturated heterocycles. The Morgan fingerprint density at radius 2 is 2.22 bits per heavy atom. The highest BCUT2D eigenvalue weighted by molar-refractivity contribution is 5.89. The molecule has 0 bridgehead atoms. The van der Waals surface area contributed by atoms with Crippen LogP contribution in [0.3, 0.4) is 0 Å². The van der Waals surface area contributed by atoms with Crippen LogP contribution in [0.25, 0.3) is 10.9 Å². The molecule has 2 nitrogen and oxygen atoms in total. The van der Waals surface area contributed by atoms with Gasteiger partial charge in [0, 0.05) is 17.6 Å². The Labute approximate surface area is 108 Å². The first-order valence-electron chi connectivity index (χ1n) is 7.20. The molecule has 0 amide bonds. The van der Waals surface area contributed by atoms with Crippen LogP contribution in [0.1, 0.15) is 29.7 Å². The number of rotatable bonds is 1. The fraction of sp³-hybridized carbons (Fsp3) is 0.500. The van der Waals surface area contributed by atoms with Gasteiger partial charge < -0.3 is 10.3 Å². The molecule has 0 radical (unpaired) electrons. The van der Waals surface area contributed by atoms with Crippen molar-refractivity contribution < 1.29 is 0 Å². The lowest BCUT2D eigenvalue weighted by molar-refractivity contribution is 0.454. The second-order valence-electron chi connectivity index (χ2n) is 5.84. The number of nitrogens with zero attached hydrogens (tertiary/aromatic N) is 1. The molecule has 2 heterocycles. The van der Waals surface area contributed by atoms with E-state index in [1.807, 2.05) is 0 Å². The van der Waals surface area contributed by atoms with E-state index in [-0.39, 0.29) is 0 Å². The van der Waals surface area contributed by atoms with Crippen LogP contribution in [0.2, 0.25) is 0 Å². The van der Waals surface area contributed by atoms with E-state index in [4.69, 9.17) is 5.73 Å². The van der Waals surface area contributed by atoms with Crippen LogP contribution in [0.4, 0.5) is 0 Å². The number of fused-ring (bicyclic) bond motifs is 3. The second kappa shape index (κ2) is 3.86. The van der Waals surface area contributed by atoms with Gasteiger partial charge in [-0.15, -0.1) is 0 Å². The molecule has 4 rings (SSSR count). The Hall–Kier alpha value is -1.28. The summed E-state index contributed by atoms with van der Waals surface area (Å²) in [4.78, 5) is 0. The first-order chi connectivity index (χ1) is 8.88. The molecule has 94 valence electrons. The van der Waals surface area contributed by atoms with Gasteiger partial charge in [-0.25, -0.2) is 0 Å². The molecule has 18 heavy (non-hydrogen) atoms. The van der Waals surface area contributed by atoms with Gasteiger partial charge in [0.25, 0.3) is 0 Å². The third kappa shape index (κ3) is 1.33. The molecule has 0 spiro atoms. The van der Waals surface area contributed by atoms with Crippen LogP contribution in [0, 0.1) is 5.92 Å². The minimum absolute atomic E-state index is 0.695. The van der Waals surface area contributed by atoms with Gasteiger partial charge in [0.05, 0.1) is 5.52 Å². The van der Waals surface area contributed by atoms with Crippen molar-refractivity contribution in [3.8, 4) is 0 Å². The van der Waals surface area contributed by atoms with Gasteiger partial charge in [-0.3, -0.25) is 0 Å². The summed E-state index contributed by atoms with van der Waals surface area (Å²) in [6.45, 7) is 2.06. The average molecular weight is 240 g/mol. The highest BCUT2D eigenvalue weighted by atomic mass is 15.0. The molecular weight excluding hydrogens is 220 g/mol. The molecular formula is C16H20N2. The average Bonchev–Trinajstić information content (AvgIpc) is 2.76. The fourth-order valence-corrected chi connectivity index (χ4v) is 3.93. The fourth-order valence-electron chi connectivity index (χ4n) is 3.93. The summed E-state index contributed by atoms with van der Waals surface area (Å²) in [6.07, 6.45) is 6.24. The second-order valence-corrected chi connectivity index (χ2v) is 5.84. The summed E-state index contributed by atoms with van der Waals surface area (Å²) in [5.41, 5.74) is 12.2. The van der Waals surface area contributed by atoms with E-state index in [9.17, 15) is 0 Å². The maximum absolute atomic E-state index is 5.88. The Morgan fingerprint density at radius 1 is 1.28 bits per heavy atom. The van der Waals surface area contributed by atoms with Crippen LogP contribution < -0.4 is 5.73 Å². The summed E-state index contributed by atoms with van der Waals surface area (Å²) in [6, 6.07) is 6.86. The van der Waals surface area contributed by atoms with E-state index in [0.717, 1.165) is 6.54 Å². The zero-order valence-electron chi connectivity index (χ0n) is 10.8. The zero-order chi connectivity index (χ0) is 12.1. The molecule has 1 aromatic carbocycles. The maximum atomic E-state index is 5.88. The summed E-state index contributed by atoms with van der Waals surface area (Å²) < 4.78 is 2.61. The van der Waals surface area contributed by atoms with Crippen LogP contribution in [0.15, 0.2) is 18.2 Å². The standard InChI is InChI=1S/C16H20N2/c17-10-11-6-7-15-14(9-11)13-5-1-3-12-4-2-8-18(15)16(12)13/h1,3,5,11H,2,4,6-10,17H2. The molecule has 1 unspecified atom stereocenters. The predicted molar refractivity (Wildman–Crippen MR) is 74.8 cm³/mol. The van der Waals surface area contributed by atoms with Gasteiger partial charge in [-0.05, 0) is 55.7 Å². The quantitative estimate of drug-likeness (QED) is 0.816. The Bertz CT molecular complexity index is 609. The molecule has 1 aliphatic carbocycles. The summed E-state index contributed by atoms with van der Waals surface area (Å²) in [5.74, 6) is 0.695. The van der Waals surface area contributed by atoms with Crippen molar-refractivity contribution in [2.45, 2.75) is 38.6 Å². The minimum Gasteiger partial charge on any atom is -0.344 e. The van der Waals surface area contributed by atoms with Gasteiger partial charge in [0.15, 0.2) is 0 Å². The highest BCUT2D eigenvalue weighted by Crippen LogP contribution is 2.37. The predicted octanol–water partition coefficient (Wildman–Crippen LogP) is 2.65. The molecule has 0 fully saturated rings. The van der Waals surface area contributed by atoms with E-state index in [2.05, 4.69) is 22.8 Å². The highest BCUT2D eigenvalue weighted by Gasteiger charge is 2.26. The largest absolute Gasteiger partial charge is 0.344 e. The van der Waals surface area contributed by atoms with Crippen LogP contribution in [0.5, 0.6) is 0 Å². The van der Waals surface area contributed by atoms with E-state index in [0.29, 0.717) is 5.92 Å². The molecule has 2 N–H and O–H groups in total. The van der Waals surface area contributed by atoms with Crippen LogP contribution in [-0.4, -0.2) is 11.1 Å². The number of aryl methyl sites for hydroxylation is 2. The summed E-state index contributed by atoms with van der Waals surface area (Å²) in [5, 5.41) is 1.51. The number of hydrogen-bond donors (Lipinski definition) is 1. The summed E-state index contributed by atoms with van der Waals surface area (Å²) >= 11 is 0. The smallest absolute Gasteiger partial charge is 0.0517 e. The molecule has 2 aromatic rings. The number of para-hydroxylation sites is 1. The first kappa shape index (κ1) is 10.6. The van der Waals surface area contributed by atoms with E-state index in [1.54, 1.807) is 16.8 Å². The lowest BCUT2D eigenvalue weighted by Crippen LogP contribution is -2.23. The van der Waals surface area contributed by atoms with Crippen LogP contribution >= 0.6 is 0 Å². The van der Waals surface area contributed by atoms with Gasteiger partial charge in [-0.2, -0.15) is 0 Å². The van der Waals surface area contributed by atoms with Crippen molar-refractivity contribution in [3.63, 3.8) is 0 Å². The van der Waals surface area contributed by atoms with Crippen molar-refractivity contribution in [1.82, 2.24) is 4.57 Å². The maximum Gasteiger partial charge on any atom is 0.0517 e. The zero-order valence-corrected chi connectivity index (χ0v) is 10.8. The van der Waals surface area contributed by atoms with Gasteiger partial charge in [0.1, 0.15) is 0 Å². The number of aromatic nitrogens is 1. The Balaban J connectivity index is 2.00. The Kier molecular flexibility index (Phi) is 2.28. The first-order valence-corrected chi connectivity index (χ1v) is 7.20. The number of hydrogen-bond acceptors (Lipinski definition) is 1. The molecule has 1 atom stereocenters. The molecule has 1 aliphatic heterocycles. The van der Waals surface area contributed by atoms with E-state index in [1.165, 1.54) is 49.6 Å². The lowest BCUT2D eigenvalue weighted by atomic mass is 9.86. The normalized spacial score (nSPS) is 22.2. The number of nitrogens with two attached hydrogens (primary N) is 1. The van der Waals surface area contributed by atoms with Crippen molar-refractivity contribution in [3.05, 3.63) is 35.0 Å². The molecule has 1 aromatic heterocycles. The third-order valence-corrected chi connectivity index (χ3v) is 4.83. The van der Waals surface area contributed by atoms with Crippen molar-refractivity contribution >= 4 is 10.9 Å². The van der Waals surface area contributed by atoms with Gasteiger partial charge >= 0.3 is 0 Å². The van der Waals surface area contributed by atoms with Gasteiger partial charge in [0.2, 0.25) is 0 Å². The van der Waals surface area contributed by atoms with Crippen molar-refractivity contribution in [2.24, 2.45) is 11.7 Å². The summed E-state index contributed by atoms with van der Waals surface area (Å²) in [7, 11) is 0. The number of benzene rings is 1. The molecule has 2 aliphatic rings. The topological polar surface area (TPSA) is 30.9 Å². The van der Waals surface area contributed by atoms with Crippen molar-refractivity contribution in [2.75, 3.05) is 6.54 Å². The van der Waals surface area contributed by atoms with Crippen molar-refractivity contribution in [1.29, 1.82) is 0 Å². The van der Waals surface area contributed by atoms with E-state index >= 15 is 0 Å².